The van der Waals surface area contributed by atoms with E-state index in [-0.39, 0.29) is 0 Å². The van der Waals surface area contributed by atoms with Crippen molar-refractivity contribution >= 4 is 16.9 Å². The molecule has 0 saturated carbocycles. The highest BCUT2D eigenvalue weighted by atomic mass is 15.2. The topological polar surface area (TPSA) is 49.3 Å². The zero-order valence-corrected chi connectivity index (χ0v) is 12.2. The van der Waals surface area contributed by atoms with Crippen molar-refractivity contribution in [3.63, 3.8) is 0 Å². The van der Waals surface area contributed by atoms with Crippen molar-refractivity contribution in [3.05, 3.63) is 54.2 Å². The van der Waals surface area contributed by atoms with Crippen molar-refractivity contribution in [1.29, 1.82) is 0 Å². The molecule has 0 saturated heterocycles. The number of rotatable bonds is 3. The number of pyridine rings is 1. The molecule has 1 aliphatic carbocycles. The number of hydrogen-bond acceptors (Lipinski definition) is 2. The van der Waals surface area contributed by atoms with Gasteiger partial charge in [-0.25, -0.2) is 0 Å². The van der Waals surface area contributed by atoms with Crippen LogP contribution in [0.2, 0.25) is 0 Å². The second-order valence-electron chi connectivity index (χ2n) is 5.20. The fourth-order valence-corrected chi connectivity index (χ4v) is 2.61. The van der Waals surface area contributed by atoms with Gasteiger partial charge >= 0.3 is 0 Å². The molecule has 0 bridgehead atoms. The molecule has 21 heavy (non-hydrogen) atoms. The van der Waals surface area contributed by atoms with Crippen LogP contribution in [0, 0.1) is 0 Å². The van der Waals surface area contributed by atoms with Gasteiger partial charge in [-0.3, -0.25) is 9.98 Å². The number of nitrogens with zero attached hydrogens (tertiary/aromatic N) is 2. The van der Waals surface area contributed by atoms with E-state index in [0.717, 1.165) is 24.3 Å². The predicted octanol–water partition coefficient (Wildman–Crippen LogP) is 2.62. The Morgan fingerprint density at radius 1 is 1.24 bits per heavy atom. The maximum absolute atomic E-state index is 4.48. The highest BCUT2D eigenvalue weighted by Gasteiger charge is 2.11. The SMILES string of the molecule is CN=C(NCc1cccc2cccnc12)NC1CC=CC1. The smallest absolute Gasteiger partial charge is 0.191 e. The maximum atomic E-state index is 4.48. The Kier molecular flexibility index (Phi) is 4.15. The van der Waals surface area contributed by atoms with Gasteiger partial charge in [-0.2, -0.15) is 0 Å². The molecule has 1 aliphatic rings. The van der Waals surface area contributed by atoms with Crippen LogP contribution in [0.1, 0.15) is 18.4 Å². The van der Waals surface area contributed by atoms with Crippen molar-refractivity contribution in [2.24, 2.45) is 4.99 Å². The maximum Gasteiger partial charge on any atom is 0.191 e. The molecule has 1 heterocycles. The Bertz CT molecular complexity index is 662. The number of guanidine groups is 1. The Morgan fingerprint density at radius 2 is 2.05 bits per heavy atom. The van der Waals surface area contributed by atoms with Crippen LogP contribution >= 0.6 is 0 Å². The molecule has 0 fully saturated rings. The van der Waals surface area contributed by atoms with Crippen LogP contribution in [0.3, 0.4) is 0 Å². The lowest BCUT2D eigenvalue weighted by Crippen LogP contribution is -2.42. The molecular formula is C17H20N4. The van der Waals surface area contributed by atoms with Crippen molar-refractivity contribution in [3.8, 4) is 0 Å². The molecule has 0 aliphatic heterocycles. The summed E-state index contributed by atoms with van der Waals surface area (Å²) in [6.07, 6.45) is 8.38. The van der Waals surface area contributed by atoms with Crippen molar-refractivity contribution < 1.29 is 0 Å². The predicted molar refractivity (Wildman–Crippen MR) is 87.2 cm³/mol. The summed E-state index contributed by atoms with van der Waals surface area (Å²) in [6.45, 7) is 0.716. The number of hydrogen-bond donors (Lipinski definition) is 2. The van der Waals surface area contributed by atoms with E-state index < -0.39 is 0 Å². The summed E-state index contributed by atoms with van der Waals surface area (Å²) in [5.74, 6) is 0.844. The molecule has 0 atom stereocenters. The van der Waals surface area contributed by atoms with Crippen molar-refractivity contribution in [2.45, 2.75) is 25.4 Å². The van der Waals surface area contributed by atoms with Crippen molar-refractivity contribution in [2.75, 3.05) is 7.05 Å². The zero-order chi connectivity index (χ0) is 14.5. The third kappa shape index (κ3) is 3.21. The third-order valence-corrected chi connectivity index (χ3v) is 3.73. The second kappa shape index (κ2) is 6.39. The van der Waals surface area contributed by atoms with Gasteiger partial charge in [0.2, 0.25) is 0 Å². The van der Waals surface area contributed by atoms with Gasteiger partial charge in [0.15, 0.2) is 5.96 Å². The van der Waals surface area contributed by atoms with E-state index in [9.17, 15) is 0 Å². The Hall–Kier alpha value is -2.36. The molecule has 0 radical (unpaired) electrons. The van der Waals surface area contributed by atoms with Crippen LogP contribution in [0.4, 0.5) is 0 Å². The quantitative estimate of drug-likeness (QED) is 0.516. The van der Waals surface area contributed by atoms with E-state index in [1.165, 1.54) is 10.9 Å². The molecular weight excluding hydrogens is 260 g/mol. The summed E-state index contributed by atoms with van der Waals surface area (Å²) >= 11 is 0. The summed E-state index contributed by atoms with van der Waals surface area (Å²) in [5.41, 5.74) is 2.23. The highest BCUT2D eigenvalue weighted by molar-refractivity contribution is 5.83. The van der Waals surface area contributed by atoms with E-state index in [1.54, 1.807) is 7.05 Å². The van der Waals surface area contributed by atoms with E-state index in [2.05, 4.69) is 57.0 Å². The summed E-state index contributed by atoms with van der Waals surface area (Å²) in [6, 6.07) is 10.8. The summed E-state index contributed by atoms with van der Waals surface area (Å²) in [4.78, 5) is 8.77. The third-order valence-electron chi connectivity index (χ3n) is 3.73. The first-order valence-corrected chi connectivity index (χ1v) is 7.31. The van der Waals surface area contributed by atoms with Gasteiger partial charge in [0.05, 0.1) is 5.52 Å². The molecule has 108 valence electrons. The van der Waals surface area contributed by atoms with Gasteiger partial charge < -0.3 is 10.6 Å². The van der Waals surface area contributed by atoms with Crippen LogP contribution in [0.15, 0.2) is 53.7 Å². The lowest BCUT2D eigenvalue weighted by atomic mass is 10.1. The molecule has 4 heteroatoms. The highest BCUT2D eigenvalue weighted by Crippen LogP contribution is 2.15. The standard InChI is InChI=1S/C17H20N4/c1-18-17(21-15-9-2-3-10-15)20-12-14-7-4-6-13-8-5-11-19-16(13)14/h2-8,11,15H,9-10,12H2,1H3,(H2,18,20,21). The number of benzene rings is 1. The molecule has 4 nitrogen and oxygen atoms in total. The van der Waals surface area contributed by atoms with Crippen LogP contribution in [0.5, 0.6) is 0 Å². The average Bonchev–Trinajstić information content (AvgIpc) is 3.04. The van der Waals surface area contributed by atoms with Crippen LogP contribution < -0.4 is 10.6 Å². The van der Waals surface area contributed by atoms with Crippen LogP contribution in [0.25, 0.3) is 10.9 Å². The Labute approximate surface area is 125 Å². The molecule has 1 aromatic carbocycles. The van der Waals surface area contributed by atoms with E-state index in [4.69, 9.17) is 0 Å². The fourth-order valence-electron chi connectivity index (χ4n) is 2.61. The van der Waals surface area contributed by atoms with Gasteiger partial charge in [0.1, 0.15) is 0 Å². The van der Waals surface area contributed by atoms with Crippen LogP contribution in [-0.2, 0) is 6.54 Å². The minimum Gasteiger partial charge on any atom is -0.353 e. The van der Waals surface area contributed by atoms with E-state index in [1.807, 2.05) is 12.3 Å². The van der Waals surface area contributed by atoms with Gasteiger partial charge in [-0.15, -0.1) is 0 Å². The Morgan fingerprint density at radius 3 is 2.86 bits per heavy atom. The first-order valence-electron chi connectivity index (χ1n) is 7.31. The van der Waals surface area contributed by atoms with Gasteiger partial charge in [-0.1, -0.05) is 36.4 Å². The molecule has 0 amide bonds. The Balaban J connectivity index is 1.67. The van der Waals surface area contributed by atoms with Crippen molar-refractivity contribution in [1.82, 2.24) is 15.6 Å². The van der Waals surface area contributed by atoms with Crippen LogP contribution in [-0.4, -0.2) is 24.0 Å². The summed E-state index contributed by atoms with van der Waals surface area (Å²) in [5, 5.41) is 7.98. The molecule has 1 aromatic heterocycles. The number of aromatic nitrogens is 1. The first-order chi connectivity index (χ1) is 10.4. The number of para-hydroxylation sites is 1. The summed E-state index contributed by atoms with van der Waals surface area (Å²) < 4.78 is 0. The summed E-state index contributed by atoms with van der Waals surface area (Å²) in [7, 11) is 1.80. The molecule has 2 aromatic rings. The molecule has 0 unspecified atom stereocenters. The van der Waals surface area contributed by atoms with E-state index >= 15 is 0 Å². The normalized spacial score (nSPS) is 15.6. The molecule has 3 rings (SSSR count). The first kappa shape index (κ1) is 13.6. The molecule has 2 N–H and O–H groups in total. The fraction of sp³-hybridized carbons (Fsp3) is 0.294. The lowest BCUT2D eigenvalue weighted by Gasteiger charge is -2.17. The second-order valence-corrected chi connectivity index (χ2v) is 5.20. The number of fused-ring (bicyclic) bond motifs is 1. The minimum atomic E-state index is 0.460. The monoisotopic (exact) mass is 280 g/mol. The number of nitrogens with one attached hydrogen (secondary N) is 2. The van der Waals surface area contributed by atoms with E-state index in [0.29, 0.717) is 12.6 Å². The molecule has 0 spiro atoms. The minimum absolute atomic E-state index is 0.460. The number of aliphatic imine (C=N–C) groups is 1. The lowest BCUT2D eigenvalue weighted by molar-refractivity contribution is 0.633. The van der Waals surface area contributed by atoms with Gasteiger partial charge in [0, 0.05) is 31.2 Å². The van der Waals surface area contributed by atoms with Gasteiger partial charge in [0.25, 0.3) is 0 Å². The largest absolute Gasteiger partial charge is 0.353 e. The zero-order valence-electron chi connectivity index (χ0n) is 12.2. The van der Waals surface area contributed by atoms with Gasteiger partial charge in [-0.05, 0) is 24.5 Å². The average molecular weight is 280 g/mol.